The van der Waals surface area contributed by atoms with Crippen LogP contribution in [-0.4, -0.2) is 16.1 Å². The number of aliphatic carboxylic acids is 1. The largest absolute Gasteiger partial charge is 0.481 e. The fourth-order valence-electron chi connectivity index (χ4n) is 1.75. The van der Waals surface area contributed by atoms with Gasteiger partial charge in [-0.3, -0.25) is 4.79 Å². The van der Waals surface area contributed by atoms with Crippen LogP contribution >= 0.6 is 11.3 Å². The minimum atomic E-state index is -0.802. The van der Waals surface area contributed by atoms with Crippen LogP contribution in [0.5, 0.6) is 0 Å². The third-order valence-corrected chi connectivity index (χ3v) is 3.87. The van der Waals surface area contributed by atoms with Gasteiger partial charge in [-0.1, -0.05) is 36.8 Å². The topological polar surface area (TPSA) is 50.2 Å². The first kappa shape index (κ1) is 12.8. The predicted octanol–water partition coefficient (Wildman–Crippen LogP) is 3.31. The number of hydrogen-bond donors (Lipinski definition) is 1. The van der Waals surface area contributed by atoms with E-state index in [1.807, 2.05) is 38.1 Å². The van der Waals surface area contributed by atoms with Crippen molar-refractivity contribution in [2.24, 2.45) is 0 Å². The Balaban J connectivity index is 2.37. The Morgan fingerprint density at radius 3 is 2.56 bits per heavy atom. The maximum atomic E-state index is 10.8. The summed E-state index contributed by atoms with van der Waals surface area (Å²) in [5.41, 5.74) is 3.16. The Morgan fingerprint density at radius 2 is 2.00 bits per heavy atom. The first-order valence-electron chi connectivity index (χ1n) is 5.87. The highest BCUT2D eigenvalue weighted by molar-refractivity contribution is 7.15. The van der Waals surface area contributed by atoms with E-state index in [0.29, 0.717) is 0 Å². The zero-order valence-corrected chi connectivity index (χ0v) is 11.3. The van der Waals surface area contributed by atoms with Crippen molar-refractivity contribution < 1.29 is 9.90 Å². The Kier molecular flexibility index (Phi) is 3.77. The lowest BCUT2D eigenvalue weighted by Crippen LogP contribution is -2.00. The van der Waals surface area contributed by atoms with Crippen LogP contribution in [0.3, 0.4) is 0 Å². The first-order valence-corrected chi connectivity index (χ1v) is 6.69. The molecule has 2 aromatic rings. The highest BCUT2D eigenvalue weighted by atomic mass is 32.1. The molecule has 1 N–H and O–H groups in total. The van der Waals surface area contributed by atoms with E-state index in [4.69, 9.17) is 5.11 Å². The maximum Gasteiger partial charge on any atom is 0.308 e. The van der Waals surface area contributed by atoms with E-state index < -0.39 is 5.97 Å². The van der Waals surface area contributed by atoms with Crippen molar-refractivity contribution >= 4 is 17.3 Å². The Bertz CT molecular complexity index is 558. The Labute approximate surface area is 110 Å². The number of nitrogens with zero attached hydrogens (tertiary/aromatic N) is 1. The van der Waals surface area contributed by atoms with Crippen LogP contribution in [0.15, 0.2) is 24.3 Å². The lowest BCUT2D eigenvalue weighted by atomic mass is 10.1. The molecule has 3 nitrogen and oxygen atoms in total. The molecule has 2 rings (SSSR count). The second-order valence-corrected chi connectivity index (χ2v) is 5.26. The minimum absolute atomic E-state index is 0.0622. The molecular weight excluding hydrogens is 246 g/mol. The summed E-state index contributed by atoms with van der Waals surface area (Å²) in [7, 11) is 0. The van der Waals surface area contributed by atoms with Crippen LogP contribution in [0.25, 0.3) is 10.6 Å². The van der Waals surface area contributed by atoms with E-state index in [0.717, 1.165) is 27.6 Å². The SMILES string of the molecule is CCc1nc(-c2ccc(C)cc2)sc1CC(=O)O. The number of carbonyl (C=O) groups is 1. The second-order valence-electron chi connectivity index (χ2n) is 4.18. The van der Waals surface area contributed by atoms with Gasteiger partial charge in [0.05, 0.1) is 12.1 Å². The second kappa shape index (κ2) is 5.31. The van der Waals surface area contributed by atoms with Gasteiger partial charge in [0.1, 0.15) is 5.01 Å². The number of carboxylic acid groups (broad SMARTS) is 1. The lowest BCUT2D eigenvalue weighted by molar-refractivity contribution is -0.136. The Morgan fingerprint density at radius 1 is 1.33 bits per heavy atom. The number of rotatable bonds is 4. The third kappa shape index (κ3) is 2.76. The van der Waals surface area contributed by atoms with Crippen LogP contribution in [0.4, 0.5) is 0 Å². The van der Waals surface area contributed by atoms with Gasteiger partial charge in [0.25, 0.3) is 0 Å². The summed E-state index contributed by atoms with van der Waals surface area (Å²) < 4.78 is 0. The molecular formula is C14H15NO2S. The van der Waals surface area contributed by atoms with Crippen molar-refractivity contribution in [1.82, 2.24) is 4.98 Å². The third-order valence-electron chi connectivity index (χ3n) is 2.72. The first-order chi connectivity index (χ1) is 8.60. The highest BCUT2D eigenvalue weighted by Crippen LogP contribution is 2.29. The van der Waals surface area contributed by atoms with Gasteiger partial charge in [-0.25, -0.2) is 4.98 Å². The summed E-state index contributed by atoms with van der Waals surface area (Å²) in [6.45, 7) is 4.04. The van der Waals surface area contributed by atoms with Gasteiger partial charge in [-0.05, 0) is 13.3 Å². The van der Waals surface area contributed by atoms with Crippen molar-refractivity contribution in [3.63, 3.8) is 0 Å². The van der Waals surface area contributed by atoms with Crippen LogP contribution in [0.1, 0.15) is 23.1 Å². The highest BCUT2D eigenvalue weighted by Gasteiger charge is 2.13. The molecule has 0 amide bonds. The number of thiazole rings is 1. The molecule has 4 heteroatoms. The van der Waals surface area contributed by atoms with E-state index in [1.165, 1.54) is 16.9 Å². The van der Waals surface area contributed by atoms with Gasteiger partial charge in [0, 0.05) is 10.4 Å². The minimum Gasteiger partial charge on any atom is -0.481 e. The van der Waals surface area contributed by atoms with Gasteiger partial charge in [-0.2, -0.15) is 0 Å². The molecule has 0 saturated carbocycles. The van der Waals surface area contributed by atoms with Gasteiger partial charge < -0.3 is 5.11 Å². The van der Waals surface area contributed by atoms with Gasteiger partial charge in [0.2, 0.25) is 0 Å². The fraction of sp³-hybridized carbons (Fsp3) is 0.286. The summed E-state index contributed by atoms with van der Waals surface area (Å²) in [6, 6.07) is 8.13. The quantitative estimate of drug-likeness (QED) is 0.918. The standard InChI is InChI=1S/C14H15NO2S/c1-3-11-12(8-13(16)17)18-14(15-11)10-6-4-9(2)5-7-10/h4-7H,3,8H2,1-2H3,(H,16,17). The molecule has 0 fully saturated rings. The number of benzene rings is 1. The molecule has 1 heterocycles. The zero-order valence-electron chi connectivity index (χ0n) is 10.4. The molecule has 0 unspecified atom stereocenters. The molecule has 0 saturated heterocycles. The van der Waals surface area contributed by atoms with Gasteiger partial charge >= 0.3 is 5.97 Å². The average Bonchev–Trinajstić information content (AvgIpc) is 2.72. The van der Waals surface area contributed by atoms with E-state index in [1.54, 1.807) is 0 Å². The molecule has 0 aliphatic carbocycles. The number of hydrogen-bond acceptors (Lipinski definition) is 3. The molecule has 0 radical (unpaired) electrons. The normalized spacial score (nSPS) is 10.6. The van der Waals surface area contributed by atoms with Gasteiger partial charge in [0.15, 0.2) is 0 Å². The molecule has 1 aromatic heterocycles. The molecule has 0 bridgehead atoms. The lowest BCUT2D eigenvalue weighted by Gasteiger charge is -1.96. The van der Waals surface area contributed by atoms with Crippen molar-refractivity contribution in [2.75, 3.05) is 0 Å². The summed E-state index contributed by atoms with van der Waals surface area (Å²) in [6.07, 6.45) is 0.831. The Hall–Kier alpha value is -1.68. The average molecular weight is 261 g/mol. The predicted molar refractivity (Wildman–Crippen MR) is 73.0 cm³/mol. The van der Waals surface area contributed by atoms with Crippen LogP contribution in [0, 0.1) is 6.92 Å². The van der Waals surface area contributed by atoms with Gasteiger partial charge in [-0.15, -0.1) is 11.3 Å². The summed E-state index contributed by atoms with van der Waals surface area (Å²) in [4.78, 5) is 16.2. The van der Waals surface area contributed by atoms with E-state index >= 15 is 0 Å². The van der Waals surface area contributed by atoms with E-state index in [2.05, 4.69) is 4.98 Å². The van der Waals surface area contributed by atoms with Crippen molar-refractivity contribution in [3.8, 4) is 10.6 Å². The number of aryl methyl sites for hydroxylation is 2. The number of aromatic nitrogens is 1. The van der Waals surface area contributed by atoms with Crippen molar-refractivity contribution in [1.29, 1.82) is 0 Å². The zero-order chi connectivity index (χ0) is 13.1. The van der Waals surface area contributed by atoms with E-state index in [-0.39, 0.29) is 6.42 Å². The van der Waals surface area contributed by atoms with Crippen molar-refractivity contribution in [2.45, 2.75) is 26.7 Å². The monoisotopic (exact) mass is 261 g/mol. The summed E-state index contributed by atoms with van der Waals surface area (Å²) in [5.74, 6) is -0.802. The smallest absolute Gasteiger partial charge is 0.308 e. The molecule has 0 aliphatic rings. The summed E-state index contributed by atoms with van der Waals surface area (Å²) >= 11 is 1.48. The maximum absolute atomic E-state index is 10.8. The molecule has 0 spiro atoms. The molecule has 1 aromatic carbocycles. The molecule has 0 atom stereocenters. The van der Waals surface area contributed by atoms with Crippen LogP contribution < -0.4 is 0 Å². The molecule has 18 heavy (non-hydrogen) atoms. The van der Waals surface area contributed by atoms with E-state index in [9.17, 15) is 4.79 Å². The fourth-order valence-corrected chi connectivity index (χ4v) is 2.90. The molecule has 0 aliphatic heterocycles. The summed E-state index contributed by atoms with van der Waals surface area (Å²) in [5, 5.41) is 9.79. The molecule has 94 valence electrons. The van der Waals surface area contributed by atoms with Crippen LogP contribution in [-0.2, 0) is 17.6 Å². The van der Waals surface area contributed by atoms with Crippen molar-refractivity contribution in [3.05, 3.63) is 40.4 Å². The number of carboxylic acids is 1. The van der Waals surface area contributed by atoms with Crippen LogP contribution in [0.2, 0.25) is 0 Å².